The van der Waals surface area contributed by atoms with Crippen LogP contribution in [0, 0.1) is 22.2 Å². The van der Waals surface area contributed by atoms with Gasteiger partial charge in [-0.1, -0.05) is 20.8 Å². The topological polar surface area (TPSA) is 110 Å². The van der Waals surface area contributed by atoms with Crippen LogP contribution in [0.5, 0.6) is 0 Å². The van der Waals surface area contributed by atoms with Gasteiger partial charge in [0.15, 0.2) is 0 Å². The number of nitrogens with zero attached hydrogens (tertiary/aromatic N) is 1. The number of primary amides is 1. The Morgan fingerprint density at radius 1 is 1.38 bits per heavy atom. The minimum Gasteiger partial charge on any atom is -0.444 e. The second-order valence-corrected chi connectivity index (χ2v) is 9.31. The van der Waals surface area contributed by atoms with Gasteiger partial charge < -0.3 is 10.5 Å². The number of carbonyl (C=O) groups is 1. The van der Waals surface area contributed by atoms with Crippen molar-refractivity contribution in [3.63, 3.8) is 0 Å². The maximum atomic E-state index is 11.6. The fraction of sp³-hybridized carbons (Fsp3) is 0.857. The summed E-state index contributed by atoms with van der Waals surface area (Å²) in [5.74, 6) is 0. The zero-order valence-electron chi connectivity index (χ0n) is 13.0. The zero-order valence-corrected chi connectivity index (χ0v) is 13.9. The highest BCUT2D eigenvalue weighted by Crippen LogP contribution is 2.47. The Kier molecular flexibility index (Phi) is 4.94. The summed E-state index contributed by atoms with van der Waals surface area (Å²) in [7, 11) is -3.11. The first-order valence-electron chi connectivity index (χ1n) is 6.98. The van der Waals surface area contributed by atoms with Crippen molar-refractivity contribution in [3.8, 4) is 6.07 Å². The Hall–Kier alpha value is -1.29. The molecule has 0 aromatic carbocycles. The van der Waals surface area contributed by atoms with Crippen molar-refractivity contribution >= 4 is 15.9 Å². The number of sulfone groups is 1. The molecule has 21 heavy (non-hydrogen) atoms. The summed E-state index contributed by atoms with van der Waals surface area (Å²) >= 11 is 0. The van der Waals surface area contributed by atoms with Gasteiger partial charge in [-0.2, -0.15) is 5.26 Å². The molecule has 0 aromatic rings. The molecule has 0 aromatic heterocycles. The van der Waals surface area contributed by atoms with E-state index in [-0.39, 0.29) is 0 Å². The van der Waals surface area contributed by atoms with Gasteiger partial charge in [0, 0.05) is 11.7 Å². The molecule has 120 valence electrons. The van der Waals surface area contributed by atoms with Gasteiger partial charge in [-0.05, 0) is 25.7 Å². The van der Waals surface area contributed by atoms with E-state index < -0.39 is 38.1 Å². The first-order valence-corrected chi connectivity index (χ1v) is 8.94. The molecule has 0 heterocycles. The zero-order chi connectivity index (χ0) is 16.5. The van der Waals surface area contributed by atoms with Gasteiger partial charge in [-0.3, -0.25) is 0 Å². The quantitative estimate of drug-likeness (QED) is 0.856. The summed E-state index contributed by atoms with van der Waals surface area (Å²) in [5, 5.41) is 9.22. The molecular weight excluding hydrogens is 292 g/mol. The van der Waals surface area contributed by atoms with E-state index in [9.17, 15) is 18.5 Å². The molecule has 0 aliphatic heterocycles. The molecular formula is C14H24N2O4S. The number of amides is 1. The summed E-state index contributed by atoms with van der Waals surface area (Å²) in [6, 6.07) is 2.27. The minimum absolute atomic E-state index is 0.385. The lowest BCUT2D eigenvalue weighted by atomic mass is 9.64. The molecule has 2 N–H and O–H groups in total. The molecule has 1 rings (SSSR count). The van der Waals surface area contributed by atoms with Gasteiger partial charge in [-0.25, -0.2) is 13.2 Å². The standard InChI is InChI=1S/C14H24N2O4S/c1-13(2,3)11(20-12(16)17)14(9-15)7-5-10(6-8-14)21(4,18)19/h10-11H,5-8H2,1-4H3,(H2,16,17). The predicted octanol–water partition coefficient (Wildman–Crippen LogP) is 1.99. The third-order valence-electron chi connectivity index (χ3n) is 4.18. The van der Waals surface area contributed by atoms with Crippen LogP contribution in [0.1, 0.15) is 46.5 Å². The van der Waals surface area contributed by atoms with Crippen molar-refractivity contribution in [3.05, 3.63) is 0 Å². The summed E-state index contributed by atoms with van der Waals surface area (Å²) in [5.41, 5.74) is 3.80. The van der Waals surface area contributed by atoms with Crippen molar-refractivity contribution in [2.24, 2.45) is 16.6 Å². The highest BCUT2D eigenvalue weighted by molar-refractivity contribution is 7.91. The van der Waals surface area contributed by atoms with Gasteiger partial charge in [0.1, 0.15) is 15.9 Å². The lowest BCUT2D eigenvalue weighted by molar-refractivity contribution is -0.0462. The van der Waals surface area contributed by atoms with Gasteiger partial charge in [0.2, 0.25) is 0 Å². The molecule has 1 amide bonds. The van der Waals surface area contributed by atoms with Crippen LogP contribution >= 0.6 is 0 Å². The van der Waals surface area contributed by atoms with E-state index in [0.717, 1.165) is 0 Å². The van der Waals surface area contributed by atoms with Crippen molar-refractivity contribution in [2.45, 2.75) is 57.8 Å². The van der Waals surface area contributed by atoms with Gasteiger partial charge in [0.05, 0.1) is 16.7 Å². The smallest absolute Gasteiger partial charge is 0.404 e. The fourth-order valence-electron chi connectivity index (χ4n) is 3.20. The van der Waals surface area contributed by atoms with Crippen LogP contribution in [0.15, 0.2) is 0 Å². The SMILES string of the molecule is CC(C)(C)C(OC(N)=O)C1(C#N)CCC(S(C)(=O)=O)CC1. The van der Waals surface area contributed by atoms with Crippen LogP contribution in [0.25, 0.3) is 0 Å². The van der Waals surface area contributed by atoms with E-state index in [4.69, 9.17) is 10.5 Å². The summed E-state index contributed by atoms with van der Waals surface area (Å²) in [4.78, 5) is 11.2. The number of nitriles is 1. The van der Waals surface area contributed by atoms with E-state index in [2.05, 4.69) is 6.07 Å². The molecule has 0 radical (unpaired) electrons. The van der Waals surface area contributed by atoms with Crippen LogP contribution in [0.3, 0.4) is 0 Å². The number of hydrogen-bond acceptors (Lipinski definition) is 5. The molecule has 1 saturated carbocycles. The van der Waals surface area contributed by atoms with E-state index in [0.29, 0.717) is 25.7 Å². The molecule has 0 spiro atoms. The second-order valence-electron chi connectivity index (χ2n) is 6.98. The largest absolute Gasteiger partial charge is 0.444 e. The molecule has 1 fully saturated rings. The van der Waals surface area contributed by atoms with E-state index in [1.807, 2.05) is 20.8 Å². The second kappa shape index (κ2) is 5.84. The number of rotatable bonds is 3. The van der Waals surface area contributed by atoms with Crippen molar-refractivity contribution < 1.29 is 17.9 Å². The number of ether oxygens (including phenoxy) is 1. The monoisotopic (exact) mass is 316 g/mol. The normalized spacial score (nSPS) is 28.4. The number of hydrogen-bond donors (Lipinski definition) is 1. The minimum atomic E-state index is -3.11. The van der Waals surface area contributed by atoms with Crippen molar-refractivity contribution in [1.82, 2.24) is 0 Å². The predicted molar refractivity (Wildman–Crippen MR) is 79.1 cm³/mol. The Labute approximate surface area is 126 Å². The van der Waals surface area contributed by atoms with Crippen LogP contribution in [0.4, 0.5) is 4.79 Å². The van der Waals surface area contributed by atoms with Gasteiger partial charge in [-0.15, -0.1) is 0 Å². The number of nitrogens with two attached hydrogens (primary N) is 1. The first kappa shape index (κ1) is 17.8. The average Bonchev–Trinajstić information content (AvgIpc) is 2.33. The van der Waals surface area contributed by atoms with Gasteiger partial charge in [0.25, 0.3) is 0 Å². The molecule has 1 unspecified atom stereocenters. The summed E-state index contributed by atoms with van der Waals surface area (Å²) in [6.07, 6.45) is 1.23. The lowest BCUT2D eigenvalue weighted by Gasteiger charge is -2.44. The molecule has 0 saturated heterocycles. The Bertz CT molecular complexity index is 534. The molecule has 1 atom stereocenters. The maximum absolute atomic E-state index is 11.6. The molecule has 6 nitrogen and oxygen atoms in total. The maximum Gasteiger partial charge on any atom is 0.404 e. The van der Waals surface area contributed by atoms with E-state index in [1.54, 1.807) is 0 Å². The highest BCUT2D eigenvalue weighted by Gasteiger charge is 2.50. The molecule has 0 bridgehead atoms. The van der Waals surface area contributed by atoms with E-state index in [1.165, 1.54) is 6.26 Å². The van der Waals surface area contributed by atoms with Crippen LogP contribution in [0.2, 0.25) is 0 Å². The third-order valence-corrected chi connectivity index (χ3v) is 5.86. The van der Waals surface area contributed by atoms with Crippen LogP contribution in [-0.2, 0) is 14.6 Å². The van der Waals surface area contributed by atoms with Crippen molar-refractivity contribution in [1.29, 1.82) is 5.26 Å². The Morgan fingerprint density at radius 2 is 1.86 bits per heavy atom. The van der Waals surface area contributed by atoms with Crippen LogP contribution in [-0.4, -0.2) is 32.1 Å². The Balaban J connectivity index is 3.05. The molecule has 7 heteroatoms. The van der Waals surface area contributed by atoms with Crippen LogP contribution < -0.4 is 5.73 Å². The van der Waals surface area contributed by atoms with Gasteiger partial charge >= 0.3 is 6.09 Å². The molecule has 1 aliphatic rings. The Morgan fingerprint density at radius 3 is 2.14 bits per heavy atom. The summed E-state index contributed by atoms with van der Waals surface area (Å²) in [6.45, 7) is 5.63. The number of carbonyl (C=O) groups excluding carboxylic acids is 1. The van der Waals surface area contributed by atoms with E-state index >= 15 is 0 Å². The molecule has 1 aliphatic carbocycles. The summed E-state index contributed by atoms with van der Waals surface area (Å²) < 4.78 is 28.5. The fourth-order valence-corrected chi connectivity index (χ4v) is 4.29. The average molecular weight is 316 g/mol. The lowest BCUT2D eigenvalue weighted by Crippen LogP contribution is -2.49. The third kappa shape index (κ3) is 4.10. The highest BCUT2D eigenvalue weighted by atomic mass is 32.2. The first-order chi connectivity index (χ1) is 9.42. The van der Waals surface area contributed by atoms with Crippen molar-refractivity contribution in [2.75, 3.05) is 6.26 Å².